The first kappa shape index (κ1) is 16.4. The van der Waals surface area contributed by atoms with Crippen molar-refractivity contribution in [2.75, 3.05) is 36.4 Å². The molecule has 7 heteroatoms. The van der Waals surface area contributed by atoms with E-state index in [2.05, 4.69) is 31.0 Å². The topological polar surface area (TPSA) is 35.6 Å². The lowest BCUT2D eigenvalue weighted by Gasteiger charge is -2.36. The van der Waals surface area contributed by atoms with Crippen LogP contribution in [-0.2, 0) is 0 Å². The number of carbonyl (C=O) groups is 1. The van der Waals surface area contributed by atoms with Crippen molar-refractivity contribution in [2.45, 2.75) is 0 Å². The van der Waals surface area contributed by atoms with E-state index in [-0.39, 0.29) is 0 Å². The Morgan fingerprint density at radius 2 is 2.00 bits per heavy atom. The summed E-state index contributed by atoms with van der Waals surface area (Å²) in [5.74, 6) is 0. The molecule has 1 aromatic heterocycles. The first-order valence-electron chi connectivity index (χ1n) is 7.27. The number of thiocarbonyl (C=S) groups is 1. The summed E-state index contributed by atoms with van der Waals surface area (Å²) in [4.78, 5) is 16.1. The number of hydrogen-bond donors (Lipinski definition) is 1. The van der Waals surface area contributed by atoms with Gasteiger partial charge in [0, 0.05) is 36.3 Å². The highest BCUT2D eigenvalue weighted by Gasteiger charge is 2.20. The van der Waals surface area contributed by atoms with E-state index in [4.69, 9.17) is 12.2 Å². The number of thiophene rings is 1. The number of nitrogens with one attached hydrogen (secondary N) is 1. The van der Waals surface area contributed by atoms with Gasteiger partial charge in [0.2, 0.25) is 0 Å². The van der Waals surface area contributed by atoms with Crippen LogP contribution in [0.2, 0.25) is 0 Å². The van der Waals surface area contributed by atoms with Crippen LogP contribution in [0, 0.1) is 0 Å². The van der Waals surface area contributed by atoms with Crippen LogP contribution >= 0.6 is 39.5 Å². The zero-order valence-electron chi connectivity index (χ0n) is 12.4. The number of halogens is 1. The fourth-order valence-electron chi connectivity index (χ4n) is 2.47. The molecule has 0 radical (unpaired) electrons. The van der Waals surface area contributed by atoms with E-state index < -0.39 is 0 Å². The zero-order chi connectivity index (χ0) is 16.2. The normalized spacial score (nSPS) is 14.7. The molecule has 1 saturated heterocycles. The van der Waals surface area contributed by atoms with Gasteiger partial charge in [0.1, 0.15) is 0 Å². The molecular weight excluding hydrogens is 394 g/mol. The Morgan fingerprint density at radius 1 is 1.22 bits per heavy atom. The average Bonchev–Trinajstić information content (AvgIpc) is 3.04. The Kier molecular flexibility index (Phi) is 5.30. The van der Waals surface area contributed by atoms with Gasteiger partial charge in [-0.15, -0.1) is 11.3 Å². The monoisotopic (exact) mass is 409 g/mol. The summed E-state index contributed by atoms with van der Waals surface area (Å²) in [7, 11) is 0. The van der Waals surface area contributed by atoms with Gasteiger partial charge in [0.05, 0.1) is 9.88 Å². The van der Waals surface area contributed by atoms with E-state index >= 15 is 0 Å². The van der Waals surface area contributed by atoms with Gasteiger partial charge in [-0.05, 0) is 42.5 Å². The molecule has 1 N–H and O–H groups in total. The number of aldehydes is 1. The van der Waals surface area contributed by atoms with Gasteiger partial charge in [0.15, 0.2) is 11.4 Å². The number of anilines is 2. The molecule has 23 heavy (non-hydrogen) atoms. The predicted octanol–water partition coefficient (Wildman–Crippen LogP) is 3.84. The van der Waals surface area contributed by atoms with E-state index in [1.807, 2.05) is 36.4 Å². The van der Waals surface area contributed by atoms with Crippen LogP contribution in [0.5, 0.6) is 0 Å². The molecule has 1 fully saturated rings. The van der Waals surface area contributed by atoms with Crippen molar-refractivity contribution in [1.82, 2.24) is 4.90 Å². The third-order valence-electron chi connectivity index (χ3n) is 3.68. The third kappa shape index (κ3) is 4.10. The molecule has 1 aliphatic heterocycles. The van der Waals surface area contributed by atoms with Gasteiger partial charge in [-0.2, -0.15) is 0 Å². The number of piperazine rings is 1. The summed E-state index contributed by atoms with van der Waals surface area (Å²) in [5, 5.41) is 5.19. The van der Waals surface area contributed by atoms with Gasteiger partial charge >= 0.3 is 0 Å². The van der Waals surface area contributed by atoms with E-state index in [0.717, 1.165) is 57.6 Å². The Labute approximate surface area is 153 Å². The second-order valence-electron chi connectivity index (χ2n) is 5.21. The van der Waals surface area contributed by atoms with Crippen LogP contribution in [-0.4, -0.2) is 42.5 Å². The molecule has 0 amide bonds. The lowest BCUT2D eigenvalue weighted by molar-refractivity contribution is 0.112. The summed E-state index contributed by atoms with van der Waals surface area (Å²) < 4.78 is 1.03. The van der Waals surface area contributed by atoms with Crippen LogP contribution in [0.1, 0.15) is 9.67 Å². The molecule has 0 saturated carbocycles. The van der Waals surface area contributed by atoms with Crippen LogP contribution in [0.3, 0.4) is 0 Å². The minimum Gasteiger partial charge on any atom is -0.360 e. The number of nitrogens with zero attached hydrogens (tertiary/aromatic N) is 2. The second-order valence-corrected chi connectivity index (χ2v) is 7.60. The minimum absolute atomic E-state index is 0.752. The minimum atomic E-state index is 0.752. The highest BCUT2D eigenvalue weighted by Crippen LogP contribution is 2.26. The molecule has 1 aromatic carbocycles. The largest absolute Gasteiger partial charge is 0.360 e. The van der Waals surface area contributed by atoms with Gasteiger partial charge in [-0.25, -0.2) is 0 Å². The molecule has 0 bridgehead atoms. The van der Waals surface area contributed by atoms with Crippen molar-refractivity contribution < 1.29 is 4.79 Å². The highest BCUT2D eigenvalue weighted by atomic mass is 79.9. The second kappa shape index (κ2) is 7.42. The van der Waals surface area contributed by atoms with E-state index in [1.54, 1.807) is 0 Å². The Bertz CT molecular complexity index is 711. The fraction of sp³-hybridized carbons (Fsp3) is 0.250. The number of carbonyl (C=O) groups excluding carboxylic acids is 1. The zero-order valence-corrected chi connectivity index (χ0v) is 15.6. The average molecular weight is 410 g/mol. The number of hydrogen-bond acceptors (Lipinski definition) is 4. The van der Waals surface area contributed by atoms with Crippen LogP contribution in [0.15, 0.2) is 40.9 Å². The molecule has 0 atom stereocenters. The molecular formula is C16H16BrN3OS2. The maximum absolute atomic E-state index is 10.8. The SMILES string of the molecule is O=Cc1ccc(N2CCN(C(=S)Nc3cccc(Br)c3)CC2)s1. The van der Waals surface area contributed by atoms with Crippen LogP contribution < -0.4 is 10.2 Å². The third-order valence-corrected chi connectivity index (χ3v) is 5.61. The Balaban J connectivity index is 1.55. The van der Waals surface area contributed by atoms with Crippen molar-refractivity contribution in [3.63, 3.8) is 0 Å². The maximum Gasteiger partial charge on any atom is 0.173 e. The summed E-state index contributed by atoms with van der Waals surface area (Å²) in [6, 6.07) is 11.9. The summed E-state index contributed by atoms with van der Waals surface area (Å²) in [5.41, 5.74) is 0.987. The van der Waals surface area contributed by atoms with Gasteiger partial charge in [-0.1, -0.05) is 22.0 Å². The quantitative estimate of drug-likeness (QED) is 0.615. The fourth-order valence-corrected chi connectivity index (χ4v) is 4.05. The van der Waals surface area contributed by atoms with Gasteiger partial charge in [-0.3, -0.25) is 4.79 Å². The lowest BCUT2D eigenvalue weighted by atomic mass is 10.3. The van der Waals surface area contributed by atoms with Crippen LogP contribution in [0.25, 0.3) is 0 Å². The van der Waals surface area contributed by atoms with Crippen molar-refractivity contribution in [3.8, 4) is 0 Å². The molecule has 0 unspecified atom stereocenters. The summed E-state index contributed by atoms with van der Waals surface area (Å²) in [6.07, 6.45) is 0.904. The maximum atomic E-state index is 10.8. The first-order chi connectivity index (χ1) is 11.2. The molecule has 2 heterocycles. The standard InChI is InChI=1S/C16H16BrN3OS2/c17-12-2-1-3-13(10-12)18-16(22)20-8-6-19(7-9-20)15-5-4-14(11-21)23-15/h1-5,10-11H,6-9H2,(H,18,22). The Morgan fingerprint density at radius 3 is 2.65 bits per heavy atom. The van der Waals surface area contributed by atoms with Gasteiger partial charge < -0.3 is 15.1 Å². The lowest BCUT2D eigenvalue weighted by Crippen LogP contribution is -2.49. The molecule has 4 nitrogen and oxygen atoms in total. The first-order valence-corrected chi connectivity index (χ1v) is 9.29. The summed E-state index contributed by atoms with van der Waals surface area (Å²) in [6.45, 7) is 3.54. The molecule has 0 spiro atoms. The number of rotatable bonds is 3. The Hall–Kier alpha value is -1.44. The predicted molar refractivity (Wildman–Crippen MR) is 104 cm³/mol. The van der Waals surface area contributed by atoms with Crippen molar-refractivity contribution >= 4 is 61.6 Å². The highest BCUT2D eigenvalue weighted by molar-refractivity contribution is 9.10. The molecule has 120 valence electrons. The smallest absolute Gasteiger partial charge is 0.173 e. The molecule has 1 aliphatic rings. The molecule has 0 aliphatic carbocycles. The summed E-state index contributed by atoms with van der Waals surface area (Å²) >= 11 is 10.5. The molecule has 2 aromatic rings. The van der Waals surface area contributed by atoms with Gasteiger partial charge in [0.25, 0.3) is 0 Å². The van der Waals surface area contributed by atoms with E-state index in [9.17, 15) is 4.79 Å². The van der Waals surface area contributed by atoms with E-state index in [0.29, 0.717) is 0 Å². The van der Waals surface area contributed by atoms with Crippen LogP contribution in [0.4, 0.5) is 10.7 Å². The van der Waals surface area contributed by atoms with Crippen molar-refractivity contribution in [1.29, 1.82) is 0 Å². The number of benzene rings is 1. The molecule has 3 rings (SSSR count). The van der Waals surface area contributed by atoms with E-state index in [1.165, 1.54) is 11.3 Å². The van der Waals surface area contributed by atoms with Crippen molar-refractivity contribution in [2.24, 2.45) is 0 Å². The van der Waals surface area contributed by atoms with Crippen molar-refractivity contribution in [3.05, 3.63) is 45.7 Å².